The molecule has 0 unspecified atom stereocenters. The molecule has 0 aromatic heterocycles. The number of nitrogens with one attached hydrogen (secondary N) is 1. The minimum Gasteiger partial charge on any atom is -0.481 e. The van der Waals surface area contributed by atoms with Crippen LogP contribution in [0.1, 0.15) is 42.6 Å². The summed E-state index contributed by atoms with van der Waals surface area (Å²) in [7, 11) is -3.51. The van der Waals surface area contributed by atoms with Crippen LogP contribution in [0, 0.1) is 0 Å². The monoisotopic (exact) mass is 389 g/mol. The van der Waals surface area contributed by atoms with Gasteiger partial charge in [-0.1, -0.05) is 30.3 Å². The van der Waals surface area contributed by atoms with E-state index in [4.69, 9.17) is 5.11 Å². The Hall–Kier alpha value is -2.67. The highest BCUT2D eigenvalue weighted by Crippen LogP contribution is 2.18. The van der Waals surface area contributed by atoms with Gasteiger partial charge in [-0.15, -0.1) is 0 Å². The minimum atomic E-state index is -3.51. The Bertz CT molecular complexity index is 920. The lowest BCUT2D eigenvalue weighted by molar-refractivity contribution is -0.137. The Balaban J connectivity index is 2.13. The van der Waals surface area contributed by atoms with Crippen molar-refractivity contribution in [3.63, 3.8) is 0 Å². The summed E-state index contributed by atoms with van der Waals surface area (Å²) in [6, 6.07) is 14.6. The van der Waals surface area contributed by atoms with Crippen molar-refractivity contribution < 1.29 is 23.1 Å². The van der Waals surface area contributed by atoms with Crippen LogP contribution in [0.3, 0.4) is 0 Å². The van der Waals surface area contributed by atoms with E-state index in [1.54, 1.807) is 56.3 Å². The smallest absolute Gasteiger partial charge is 0.303 e. The molecule has 27 heavy (non-hydrogen) atoms. The number of aliphatic carboxylic acids is 1. The van der Waals surface area contributed by atoms with Gasteiger partial charge in [-0.25, -0.2) is 8.42 Å². The van der Waals surface area contributed by atoms with Gasteiger partial charge in [0.05, 0.1) is 10.6 Å². The van der Waals surface area contributed by atoms with E-state index in [9.17, 15) is 18.0 Å². The molecule has 0 spiro atoms. The summed E-state index contributed by atoms with van der Waals surface area (Å²) >= 11 is 0. The van der Waals surface area contributed by atoms with Crippen LogP contribution in [-0.4, -0.2) is 30.9 Å². The maximum Gasteiger partial charge on any atom is 0.303 e. The van der Waals surface area contributed by atoms with Gasteiger partial charge in [0.15, 0.2) is 9.84 Å². The molecule has 1 amide bonds. The molecule has 0 saturated heterocycles. The average Bonchev–Trinajstić information content (AvgIpc) is 2.60. The zero-order valence-corrected chi connectivity index (χ0v) is 16.1. The normalized spacial score (nSPS) is 11.8. The van der Waals surface area contributed by atoms with Crippen LogP contribution in [0.25, 0.3) is 0 Å². The number of hydrogen-bond acceptors (Lipinski definition) is 4. The second-order valence-corrected chi connectivity index (χ2v) is 8.99. The van der Waals surface area contributed by atoms with E-state index in [0.29, 0.717) is 11.1 Å². The molecule has 2 N–H and O–H groups in total. The second kappa shape index (κ2) is 8.35. The Morgan fingerprint density at radius 3 is 2.33 bits per heavy atom. The number of carboxylic acid groups (broad SMARTS) is 1. The molecule has 0 saturated carbocycles. The maximum atomic E-state index is 12.5. The second-order valence-electron chi connectivity index (χ2n) is 7.00. The highest BCUT2D eigenvalue weighted by Gasteiger charge is 2.23. The lowest BCUT2D eigenvalue weighted by atomic mass is 9.97. The highest BCUT2D eigenvalue weighted by molar-refractivity contribution is 7.90. The molecule has 0 bridgehead atoms. The molecule has 2 aromatic carbocycles. The molecular weight excluding hydrogens is 366 g/mol. The fraction of sp³-hybridized carbons (Fsp3) is 0.300. The summed E-state index contributed by atoms with van der Waals surface area (Å²) < 4.78 is 25.0. The Labute approximate surface area is 159 Å². The van der Waals surface area contributed by atoms with Gasteiger partial charge in [0.2, 0.25) is 0 Å². The van der Waals surface area contributed by atoms with Crippen molar-refractivity contribution in [3.8, 4) is 0 Å². The summed E-state index contributed by atoms with van der Waals surface area (Å²) in [5, 5.41) is 11.6. The molecule has 2 rings (SSSR count). The molecule has 0 aliphatic carbocycles. The summed E-state index contributed by atoms with van der Waals surface area (Å²) in [4.78, 5) is 23.4. The number of carbonyl (C=O) groups is 2. The molecule has 2 aromatic rings. The predicted octanol–water partition coefficient (Wildman–Crippen LogP) is 3.03. The van der Waals surface area contributed by atoms with Crippen molar-refractivity contribution in [2.45, 2.75) is 42.9 Å². The fourth-order valence-corrected chi connectivity index (χ4v) is 3.95. The number of hydrogen-bond donors (Lipinski definition) is 2. The largest absolute Gasteiger partial charge is 0.481 e. The van der Waals surface area contributed by atoms with Crippen molar-refractivity contribution in [2.75, 3.05) is 0 Å². The van der Waals surface area contributed by atoms with Crippen LogP contribution < -0.4 is 5.32 Å². The Morgan fingerprint density at radius 2 is 1.70 bits per heavy atom. The third kappa shape index (κ3) is 6.21. The summed E-state index contributed by atoms with van der Waals surface area (Å²) in [6.45, 7) is 3.50. The van der Waals surface area contributed by atoms with E-state index >= 15 is 0 Å². The first-order chi connectivity index (χ1) is 12.6. The Morgan fingerprint density at radius 1 is 1.04 bits per heavy atom. The number of carboxylic acids is 1. The lowest BCUT2D eigenvalue weighted by Gasteiger charge is -2.25. The van der Waals surface area contributed by atoms with Crippen LogP contribution in [0.5, 0.6) is 0 Å². The van der Waals surface area contributed by atoms with Crippen molar-refractivity contribution >= 4 is 21.7 Å². The summed E-state index contributed by atoms with van der Waals surface area (Å²) in [6.07, 6.45) is 0.235. The van der Waals surface area contributed by atoms with Crippen molar-refractivity contribution in [1.82, 2.24) is 5.32 Å². The summed E-state index contributed by atoms with van der Waals surface area (Å²) in [5.74, 6) is -1.50. The van der Waals surface area contributed by atoms with Crippen LogP contribution >= 0.6 is 0 Å². The maximum absolute atomic E-state index is 12.5. The lowest BCUT2D eigenvalue weighted by Crippen LogP contribution is -2.43. The zero-order chi connectivity index (χ0) is 20.1. The minimum absolute atomic E-state index is 0.0529. The van der Waals surface area contributed by atoms with Gasteiger partial charge < -0.3 is 10.4 Å². The standard InChI is InChI=1S/C20H23NO5S/c1-20(2,12-11-18(22)23)21-19(24)16-8-6-7-15(13-16)14-27(25,26)17-9-4-3-5-10-17/h3-10,13H,11-12,14H2,1-2H3,(H,21,24)(H,22,23). The van der Waals surface area contributed by atoms with Crippen molar-refractivity contribution in [2.24, 2.45) is 0 Å². The van der Waals surface area contributed by atoms with Gasteiger partial charge in [-0.05, 0) is 50.1 Å². The quantitative estimate of drug-likeness (QED) is 0.723. The molecule has 0 aliphatic rings. The molecule has 0 atom stereocenters. The van der Waals surface area contributed by atoms with Gasteiger partial charge in [-0.3, -0.25) is 9.59 Å². The summed E-state index contributed by atoms with van der Waals surface area (Å²) in [5.41, 5.74) is 0.149. The molecule has 0 fully saturated rings. The number of benzene rings is 2. The van der Waals surface area contributed by atoms with E-state index in [2.05, 4.69) is 5.32 Å². The third-order valence-corrected chi connectivity index (χ3v) is 5.77. The predicted molar refractivity (Wildman–Crippen MR) is 102 cm³/mol. The van der Waals surface area contributed by atoms with Gasteiger partial charge >= 0.3 is 5.97 Å². The molecule has 0 heterocycles. The van der Waals surface area contributed by atoms with Crippen LogP contribution in [0.15, 0.2) is 59.5 Å². The molecule has 6 nitrogen and oxygen atoms in total. The van der Waals surface area contributed by atoms with E-state index in [-0.39, 0.29) is 29.4 Å². The molecule has 7 heteroatoms. The first-order valence-corrected chi connectivity index (χ1v) is 10.2. The zero-order valence-electron chi connectivity index (χ0n) is 15.3. The van der Waals surface area contributed by atoms with E-state index in [1.165, 1.54) is 12.1 Å². The van der Waals surface area contributed by atoms with Crippen LogP contribution in [0.4, 0.5) is 0 Å². The number of rotatable bonds is 8. The highest BCUT2D eigenvalue weighted by atomic mass is 32.2. The van der Waals surface area contributed by atoms with Gasteiger partial charge in [0.25, 0.3) is 5.91 Å². The van der Waals surface area contributed by atoms with Gasteiger partial charge in [-0.2, -0.15) is 0 Å². The molecule has 0 aliphatic heterocycles. The Kier molecular flexibility index (Phi) is 6.38. The number of amides is 1. The van der Waals surface area contributed by atoms with E-state index in [1.807, 2.05) is 0 Å². The number of carbonyl (C=O) groups excluding carboxylic acids is 1. The van der Waals surface area contributed by atoms with E-state index in [0.717, 1.165) is 0 Å². The fourth-order valence-electron chi connectivity index (χ4n) is 2.59. The third-order valence-electron chi connectivity index (χ3n) is 4.06. The topological polar surface area (TPSA) is 101 Å². The SMILES string of the molecule is CC(C)(CCC(=O)O)NC(=O)c1cccc(CS(=O)(=O)c2ccccc2)c1. The molecule has 0 radical (unpaired) electrons. The van der Waals surface area contributed by atoms with E-state index < -0.39 is 21.3 Å². The van der Waals surface area contributed by atoms with Crippen LogP contribution in [0.2, 0.25) is 0 Å². The van der Waals surface area contributed by atoms with Crippen LogP contribution in [-0.2, 0) is 20.4 Å². The van der Waals surface area contributed by atoms with Crippen molar-refractivity contribution in [1.29, 1.82) is 0 Å². The first-order valence-electron chi connectivity index (χ1n) is 8.50. The number of sulfone groups is 1. The first kappa shape index (κ1) is 20.6. The van der Waals surface area contributed by atoms with Crippen molar-refractivity contribution in [3.05, 3.63) is 65.7 Å². The van der Waals surface area contributed by atoms with Gasteiger partial charge in [0, 0.05) is 17.5 Å². The average molecular weight is 389 g/mol. The molecular formula is C20H23NO5S. The molecule has 144 valence electrons. The van der Waals surface area contributed by atoms with Gasteiger partial charge in [0.1, 0.15) is 0 Å².